The molecule has 0 amide bonds. The third-order valence-corrected chi connectivity index (χ3v) is 4.21. The Balaban J connectivity index is 2.42. The van der Waals surface area contributed by atoms with Crippen LogP contribution in [0.25, 0.3) is 11.3 Å². The number of hydrogen-bond acceptors (Lipinski definition) is 4. The first kappa shape index (κ1) is 15.8. The molecule has 0 spiro atoms. The summed E-state index contributed by atoms with van der Waals surface area (Å²) < 4.78 is 38.2. The minimum Gasteiger partial charge on any atom is -0.298 e. The number of hydrogen-bond donors (Lipinski definition) is 0. The number of nitrogens with zero attached hydrogens (tertiary/aromatic N) is 2. The van der Waals surface area contributed by atoms with E-state index in [0.29, 0.717) is 10.8 Å². The second-order valence-corrected chi connectivity index (χ2v) is 7.74. The summed E-state index contributed by atoms with van der Waals surface area (Å²) in [7, 11) is -3.14. The molecule has 0 unspecified atom stereocenters. The number of aromatic nitrogens is 2. The van der Waals surface area contributed by atoms with Gasteiger partial charge in [0.15, 0.2) is 6.29 Å². The average molecular weight is 375 g/mol. The highest BCUT2D eigenvalue weighted by atomic mass is 79.9. The lowest BCUT2D eigenvalue weighted by molar-refractivity contribution is 0.112. The Bertz CT molecular complexity index is 787. The molecule has 5 nitrogen and oxygen atoms in total. The monoisotopic (exact) mass is 374 g/mol. The van der Waals surface area contributed by atoms with Gasteiger partial charge in [-0.3, -0.25) is 9.48 Å². The van der Waals surface area contributed by atoms with E-state index >= 15 is 0 Å². The number of aldehydes is 1. The van der Waals surface area contributed by atoms with E-state index in [4.69, 9.17) is 0 Å². The lowest BCUT2D eigenvalue weighted by Crippen LogP contribution is -2.11. The van der Waals surface area contributed by atoms with Crippen LogP contribution in [0.3, 0.4) is 0 Å². The van der Waals surface area contributed by atoms with Crippen LogP contribution < -0.4 is 0 Å². The second kappa shape index (κ2) is 6.07. The molecular weight excluding hydrogens is 363 g/mol. The Labute approximate surface area is 129 Å². The second-order valence-electron chi connectivity index (χ2n) is 4.57. The fourth-order valence-electron chi connectivity index (χ4n) is 1.79. The van der Waals surface area contributed by atoms with Gasteiger partial charge in [-0.2, -0.15) is 5.10 Å². The Morgan fingerprint density at radius 1 is 1.43 bits per heavy atom. The van der Waals surface area contributed by atoms with Gasteiger partial charge in [-0.05, 0) is 18.2 Å². The molecule has 21 heavy (non-hydrogen) atoms. The van der Waals surface area contributed by atoms with Crippen LogP contribution in [0.4, 0.5) is 4.39 Å². The zero-order chi connectivity index (χ0) is 15.6. The smallest absolute Gasteiger partial charge is 0.153 e. The van der Waals surface area contributed by atoms with Crippen molar-refractivity contribution in [2.45, 2.75) is 6.54 Å². The van der Waals surface area contributed by atoms with Gasteiger partial charge < -0.3 is 0 Å². The van der Waals surface area contributed by atoms with Crippen LogP contribution in [0.2, 0.25) is 0 Å². The Morgan fingerprint density at radius 2 is 2.14 bits per heavy atom. The van der Waals surface area contributed by atoms with Crippen LogP contribution in [0.1, 0.15) is 10.4 Å². The van der Waals surface area contributed by atoms with Gasteiger partial charge in [-0.15, -0.1) is 0 Å². The van der Waals surface area contributed by atoms with Crippen LogP contribution in [-0.4, -0.2) is 36.5 Å². The maximum Gasteiger partial charge on any atom is 0.153 e. The minimum atomic E-state index is -3.14. The van der Waals surface area contributed by atoms with E-state index in [1.54, 1.807) is 6.07 Å². The molecule has 0 aliphatic heterocycles. The summed E-state index contributed by atoms with van der Waals surface area (Å²) in [6.07, 6.45) is 3.10. The molecule has 0 N–H and O–H groups in total. The van der Waals surface area contributed by atoms with Crippen molar-refractivity contribution >= 4 is 32.1 Å². The minimum absolute atomic E-state index is 0.104. The average Bonchev–Trinajstić information content (AvgIpc) is 2.81. The van der Waals surface area contributed by atoms with Crippen LogP contribution in [0, 0.1) is 5.82 Å². The summed E-state index contributed by atoms with van der Waals surface area (Å²) in [6.45, 7) is 0.106. The SMILES string of the molecule is CS(=O)(=O)CCn1cc(C=O)c(-c2cc(Br)ccc2F)n1. The molecule has 112 valence electrons. The summed E-state index contributed by atoms with van der Waals surface area (Å²) in [4.78, 5) is 11.1. The van der Waals surface area contributed by atoms with Crippen LogP contribution in [0.15, 0.2) is 28.9 Å². The van der Waals surface area contributed by atoms with Gasteiger partial charge in [0.05, 0.1) is 17.9 Å². The van der Waals surface area contributed by atoms with E-state index in [1.165, 1.54) is 23.0 Å². The number of carbonyl (C=O) groups excluding carboxylic acids is 1. The van der Waals surface area contributed by atoms with Crippen molar-refractivity contribution in [1.29, 1.82) is 0 Å². The van der Waals surface area contributed by atoms with Gasteiger partial charge >= 0.3 is 0 Å². The molecule has 0 fully saturated rings. The first-order chi connectivity index (χ1) is 9.80. The highest BCUT2D eigenvalue weighted by Gasteiger charge is 2.15. The zero-order valence-corrected chi connectivity index (χ0v) is 13.5. The summed E-state index contributed by atoms with van der Waals surface area (Å²) in [5.74, 6) is -0.609. The molecule has 0 atom stereocenters. The Hall–Kier alpha value is -1.54. The van der Waals surface area contributed by atoms with Gasteiger partial charge in [0.25, 0.3) is 0 Å². The van der Waals surface area contributed by atoms with Crippen molar-refractivity contribution in [3.63, 3.8) is 0 Å². The highest BCUT2D eigenvalue weighted by Crippen LogP contribution is 2.27. The number of aryl methyl sites for hydroxylation is 1. The van der Waals surface area contributed by atoms with Crippen molar-refractivity contribution < 1.29 is 17.6 Å². The van der Waals surface area contributed by atoms with E-state index < -0.39 is 15.7 Å². The number of benzene rings is 1. The molecule has 2 rings (SSSR count). The van der Waals surface area contributed by atoms with Gasteiger partial charge in [0, 0.05) is 22.5 Å². The lowest BCUT2D eigenvalue weighted by atomic mass is 10.1. The molecular formula is C13H12BrFN2O3S. The summed E-state index contributed by atoms with van der Waals surface area (Å²) in [6, 6.07) is 4.33. The predicted molar refractivity (Wildman–Crippen MR) is 80.4 cm³/mol. The fraction of sp³-hybridized carbons (Fsp3) is 0.231. The largest absolute Gasteiger partial charge is 0.298 e. The van der Waals surface area contributed by atoms with E-state index in [2.05, 4.69) is 21.0 Å². The molecule has 0 aliphatic rings. The third kappa shape index (κ3) is 3.98. The number of carbonyl (C=O) groups is 1. The molecule has 1 heterocycles. The quantitative estimate of drug-likeness (QED) is 0.753. The molecule has 1 aromatic carbocycles. The topological polar surface area (TPSA) is 69.0 Å². The fourth-order valence-corrected chi connectivity index (χ4v) is 2.67. The molecule has 0 bridgehead atoms. The molecule has 8 heteroatoms. The first-order valence-corrected chi connectivity index (χ1v) is 8.81. The molecule has 0 saturated carbocycles. The molecule has 2 aromatic rings. The number of halogens is 2. The standard InChI is InChI=1S/C13H12BrFN2O3S/c1-21(19,20)5-4-17-7-9(8-18)13(16-17)11-6-10(14)2-3-12(11)15/h2-3,6-8H,4-5H2,1H3. The molecule has 0 aliphatic carbocycles. The summed E-state index contributed by atoms with van der Waals surface area (Å²) >= 11 is 3.23. The van der Waals surface area contributed by atoms with Crippen molar-refractivity contribution in [3.8, 4) is 11.3 Å². The van der Waals surface area contributed by atoms with Crippen molar-refractivity contribution in [2.24, 2.45) is 0 Å². The van der Waals surface area contributed by atoms with Crippen LogP contribution in [0.5, 0.6) is 0 Å². The number of sulfone groups is 1. The van der Waals surface area contributed by atoms with E-state index in [0.717, 1.165) is 6.26 Å². The van der Waals surface area contributed by atoms with Crippen molar-refractivity contribution in [1.82, 2.24) is 9.78 Å². The van der Waals surface area contributed by atoms with Crippen molar-refractivity contribution in [2.75, 3.05) is 12.0 Å². The third-order valence-electron chi connectivity index (χ3n) is 2.79. The van der Waals surface area contributed by atoms with Gasteiger partial charge in [0.2, 0.25) is 0 Å². The predicted octanol–water partition coefficient (Wildman–Crippen LogP) is 2.31. The van der Waals surface area contributed by atoms with E-state index in [-0.39, 0.29) is 29.1 Å². The van der Waals surface area contributed by atoms with Gasteiger partial charge in [-0.25, -0.2) is 12.8 Å². The lowest BCUT2D eigenvalue weighted by Gasteiger charge is -2.02. The van der Waals surface area contributed by atoms with Gasteiger partial charge in [0.1, 0.15) is 21.3 Å². The van der Waals surface area contributed by atoms with Crippen molar-refractivity contribution in [3.05, 3.63) is 40.2 Å². The van der Waals surface area contributed by atoms with Crippen LogP contribution in [-0.2, 0) is 16.4 Å². The number of rotatable bonds is 5. The zero-order valence-electron chi connectivity index (χ0n) is 11.1. The molecule has 1 aromatic heterocycles. The van der Waals surface area contributed by atoms with E-state index in [1.807, 2.05) is 0 Å². The Morgan fingerprint density at radius 3 is 2.76 bits per heavy atom. The van der Waals surface area contributed by atoms with Crippen LogP contribution >= 0.6 is 15.9 Å². The van der Waals surface area contributed by atoms with Gasteiger partial charge in [-0.1, -0.05) is 15.9 Å². The summed E-state index contributed by atoms with van der Waals surface area (Å²) in [5.41, 5.74) is 0.586. The highest BCUT2D eigenvalue weighted by molar-refractivity contribution is 9.10. The Kier molecular flexibility index (Phi) is 4.58. The molecule has 0 radical (unpaired) electrons. The molecule has 0 saturated heterocycles. The normalized spacial score (nSPS) is 11.6. The van der Waals surface area contributed by atoms with E-state index in [9.17, 15) is 17.6 Å². The summed E-state index contributed by atoms with van der Waals surface area (Å²) in [5, 5.41) is 4.12. The first-order valence-electron chi connectivity index (χ1n) is 5.96. The maximum atomic E-state index is 13.9. The maximum absolute atomic E-state index is 13.9.